The lowest BCUT2D eigenvalue weighted by molar-refractivity contribution is 1.00. The van der Waals surface area contributed by atoms with E-state index in [-0.39, 0.29) is 5.69 Å². The van der Waals surface area contributed by atoms with Crippen LogP contribution in [0.3, 0.4) is 0 Å². The van der Waals surface area contributed by atoms with Crippen LogP contribution in [0.4, 0.5) is 5.69 Å². The Morgan fingerprint density at radius 3 is 2.89 bits per heavy atom. The van der Waals surface area contributed by atoms with Crippen molar-refractivity contribution in [2.24, 2.45) is 0 Å². The summed E-state index contributed by atoms with van der Waals surface area (Å²) in [5, 5.41) is 0. The number of hydrogen-bond donors (Lipinski definition) is 2. The Hall–Kier alpha value is -2.56. The van der Waals surface area contributed by atoms with Gasteiger partial charge in [0.15, 0.2) is 0 Å². The summed E-state index contributed by atoms with van der Waals surface area (Å²) < 4.78 is 1.60. The molecule has 5 heteroatoms. The molecule has 3 rings (SSSR count). The fourth-order valence-electron chi connectivity index (χ4n) is 2.05. The van der Waals surface area contributed by atoms with Crippen LogP contribution in [0.15, 0.2) is 41.3 Å². The summed E-state index contributed by atoms with van der Waals surface area (Å²) in [6.07, 6.45) is 1.68. The van der Waals surface area contributed by atoms with Gasteiger partial charge in [-0.05, 0) is 37.3 Å². The molecule has 90 valence electrons. The Morgan fingerprint density at radius 2 is 2.11 bits per heavy atom. The maximum absolute atomic E-state index is 12.0. The second-order valence-electron chi connectivity index (χ2n) is 4.20. The molecule has 0 unspecified atom stereocenters. The first kappa shape index (κ1) is 10.6. The molecule has 0 aliphatic rings. The van der Waals surface area contributed by atoms with Gasteiger partial charge >= 0.3 is 5.69 Å². The highest BCUT2D eigenvalue weighted by atomic mass is 16.1. The molecule has 2 aromatic heterocycles. The summed E-state index contributed by atoms with van der Waals surface area (Å²) in [7, 11) is 0. The highest BCUT2D eigenvalue weighted by molar-refractivity contribution is 5.80. The number of hydrogen-bond acceptors (Lipinski definition) is 3. The number of aryl methyl sites for hydroxylation is 1. The van der Waals surface area contributed by atoms with Gasteiger partial charge in [0, 0.05) is 17.6 Å². The molecule has 0 spiro atoms. The average molecular weight is 240 g/mol. The predicted octanol–water partition coefficient (Wildman–Crippen LogP) is 1.60. The van der Waals surface area contributed by atoms with Gasteiger partial charge in [0.25, 0.3) is 0 Å². The minimum atomic E-state index is -0.179. The van der Waals surface area contributed by atoms with E-state index in [0.717, 1.165) is 22.4 Å². The minimum absolute atomic E-state index is 0.179. The molecule has 3 N–H and O–H groups in total. The van der Waals surface area contributed by atoms with E-state index in [1.54, 1.807) is 35.0 Å². The van der Waals surface area contributed by atoms with Crippen molar-refractivity contribution < 1.29 is 0 Å². The summed E-state index contributed by atoms with van der Waals surface area (Å²) in [6, 6.07) is 9.00. The maximum atomic E-state index is 12.0. The van der Waals surface area contributed by atoms with Gasteiger partial charge in [-0.1, -0.05) is 0 Å². The second kappa shape index (κ2) is 3.73. The van der Waals surface area contributed by atoms with Gasteiger partial charge in [-0.15, -0.1) is 0 Å². The Balaban J connectivity index is 2.38. The smallest absolute Gasteiger partial charge is 0.331 e. The third-order valence-corrected chi connectivity index (χ3v) is 2.85. The zero-order valence-corrected chi connectivity index (χ0v) is 9.84. The van der Waals surface area contributed by atoms with Crippen molar-refractivity contribution in [1.82, 2.24) is 14.5 Å². The van der Waals surface area contributed by atoms with Crippen LogP contribution in [0, 0.1) is 6.92 Å². The van der Waals surface area contributed by atoms with E-state index < -0.39 is 0 Å². The number of nitrogens with two attached hydrogens (primary N) is 1. The number of rotatable bonds is 1. The number of pyridine rings is 1. The number of nitrogens with zero attached hydrogens (tertiary/aromatic N) is 2. The first-order valence-electron chi connectivity index (χ1n) is 5.58. The monoisotopic (exact) mass is 240 g/mol. The second-order valence-corrected chi connectivity index (χ2v) is 4.20. The number of anilines is 1. The van der Waals surface area contributed by atoms with E-state index in [2.05, 4.69) is 9.97 Å². The lowest BCUT2D eigenvalue weighted by Crippen LogP contribution is -2.14. The predicted molar refractivity (Wildman–Crippen MR) is 70.8 cm³/mol. The first-order chi connectivity index (χ1) is 8.65. The van der Waals surface area contributed by atoms with E-state index in [4.69, 9.17) is 5.73 Å². The number of nitrogens with one attached hydrogen (secondary N) is 1. The highest BCUT2D eigenvalue weighted by Crippen LogP contribution is 2.18. The van der Waals surface area contributed by atoms with E-state index in [0.29, 0.717) is 5.69 Å². The number of aromatic amines is 1. The van der Waals surface area contributed by atoms with Gasteiger partial charge in [0.1, 0.15) is 0 Å². The molecule has 0 radical (unpaired) electrons. The lowest BCUT2D eigenvalue weighted by atomic mass is 10.2. The van der Waals surface area contributed by atoms with Crippen LogP contribution in [0.1, 0.15) is 5.69 Å². The van der Waals surface area contributed by atoms with Crippen LogP contribution < -0.4 is 11.4 Å². The molecule has 3 aromatic rings. The van der Waals surface area contributed by atoms with Crippen LogP contribution in [0.5, 0.6) is 0 Å². The standard InChI is InChI=1S/C13H12N4O/c1-8-6-10(4-5-15-8)17-12-7-9(14)2-3-11(12)16-13(17)18/h2-7H,14H2,1H3,(H,16,18). The normalized spacial score (nSPS) is 10.9. The fraction of sp³-hybridized carbons (Fsp3) is 0.0769. The van der Waals surface area contributed by atoms with Gasteiger partial charge in [-0.25, -0.2) is 4.79 Å². The van der Waals surface area contributed by atoms with E-state index in [1.165, 1.54) is 0 Å². The molecule has 0 saturated heterocycles. The molecule has 2 heterocycles. The quantitative estimate of drug-likeness (QED) is 0.634. The van der Waals surface area contributed by atoms with Crippen molar-refractivity contribution >= 4 is 16.7 Å². The van der Waals surface area contributed by atoms with Gasteiger partial charge in [0.05, 0.1) is 16.7 Å². The Morgan fingerprint density at radius 1 is 1.28 bits per heavy atom. The molecule has 0 aliphatic heterocycles. The molecular formula is C13H12N4O. The third-order valence-electron chi connectivity index (χ3n) is 2.85. The molecule has 1 aromatic carbocycles. The van der Waals surface area contributed by atoms with Gasteiger partial charge in [-0.2, -0.15) is 0 Å². The maximum Gasteiger partial charge on any atom is 0.331 e. The lowest BCUT2D eigenvalue weighted by Gasteiger charge is -2.04. The number of imidazole rings is 1. The van der Waals surface area contributed by atoms with Crippen molar-refractivity contribution in [3.05, 3.63) is 52.7 Å². The molecule has 0 amide bonds. The van der Waals surface area contributed by atoms with E-state index in [1.807, 2.05) is 13.0 Å². The first-order valence-corrected chi connectivity index (χ1v) is 5.58. The minimum Gasteiger partial charge on any atom is -0.399 e. The summed E-state index contributed by atoms with van der Waals surface area (Å²) in [6.45, 7) is 1.89. The summed E-state index contributed by atoms with van der Waals surface area (Å²) in [4.78, 5) is 18.9. The highest BCUT2D eigenvalue weighted by Gasteiger charge is 2.08. The van der Waals surface area contributed by atoms with Crippen LogP contribution in [-0.2, 0) is 0 Å². The van der Waals surface area contributed by atoms with Crippen LogP contribution in [0.25, 0.3) is 16.7 Å². The van der Waals surface area contributed by atoms with E-state index in [9.17, 15) is 4.79 Å². The molecule has 5 nitrogen and oxygen atoms in total. The topological polar surface area (TPSA) is 76.7 Å². The SMILES string of the molecule is Cc1cc(-n2c(=O)[nH]c3ccc(N)cc32)ccn1. The molecule has 0 atom stereocenters. The van der Waals surface area contributed by atoms with Crippen molar-refractivity contribution in [2.75, 3.05) is 5.73 Å². The Bertz CT molecular complexity index is 785. The average Bonchev–Trinajstić information content (AvgIpc) is 2.64. The number of benzene rings is 1. The third kappa shape index (κ3) is 1.57. The van der Waals surface area contributed by atoms with Gasteiger partial charge < -0.3 is 10.7 Å². The number of aromatic nitrogens is 3. The molecule has 0 saturated carbocycles. The summed E-state index contributed by atoms with van der Waals surface area (Å²) >= 11 is 0. The molecule has 0 fully saturated rings. The van der Waals surface area contributed by atoms with Crippen molar-refractivity contribution in [1.29, 1.82) is 0 Å². The zero-order valence-electron chi connectivity index (χ0n) is 9.84. The zero-order chi connectivity index (χ0) is 12.7. The van der Waals surface area contributed by atoms with Crippen molar-refractivity contribution in [3.63, 3.8) is 0 Å². The number of H-pyrrole nitrogens is 1. The molecular weight excluding hydrogens is 228 g/mol. The van der Waals surface area contributed by atoms with Crippen molar-refractivity contribution in [3.8, 4) is 5.69 Å². The number of nitrogen functional groups attached to an aromatic ring is 1. The van der Waals surface area contributed by atoms with Crippen LogP contribution in [0.2, 0.25) is 0 Å². The van der Waals surface area contributed by atoms with Gasteiger partial charge in [-0.3, -0.25) is 9.55 Å². The Kier molecular flexibility index (Phi) is 2.19. The van der Waals surface area contributed by atoms with Crippen molar-refractivity contribution in [2.45, 2.75) is 6.92 Å². The molecule has 18 heavy (non-hydrogen) atoms. The molecule has 0 aliphatic carbocycles. The van der Waals surface area contributed by atoms with Crippen LogP contribution >= 0.6 is 0 Å². The fourth-order valence-corrected chi connectivity index (χ4v) is 2.05. The summed E-state index contributed by atoms with van der Waals surface area (Å²) in [5.41, 5.74) is 9.39. The number of fused-ring (bicyclic) bond motifs is 1. The largest absolute Gasteiger partial charge is 0.399 e. The van der Waals surface area contributed by atoms with Crippen LogP contribution in [-0.4, -0.2) is 14.5 Å². The van der Waals surface area contributed by atoms with Gasteiger partial charge in [0.2, 0.25) is 0 Å². The Labute approximate surface area is 103 Å². The van der Waals surface area contributed by atoms with E-state index >= 15 is 0 Å². The molecule has 0 bridgehead atoms. The summed E-state index contributed by atoms with van der Waals surface area (Å²) in [5.74, 6) is 0.